The Morgan fingerprint density at radius 2 is 1.50 bits per heavy atom. The molecule has 0 radical (unpaired) electrons. The van der Waals surface area contributed by atoms with Crippen molar-refractivity contribution in [3.63, 3.8) is 0 Å². The van der Waals surface area contributed by atoms with Gasteiger partial charge in [0.15, 0.2) is 0 Å². The van der Waals surface area contributed by atoms with Gasteiger partial charge in [0.25, 0.3) is 0 Å². The van der Waals surface area contributed by atoms with Crippen LogP contribution < -0.4 is 0 Å². The van der Waals surface area contributed by atoms with Gasteiger partial charge in [-0.2, -0.15) is 0 Å². The largest absolute Gasteiger partial charge is 0.386 e. The van der Waals surface area contributed by atoms with Crippen molar-refractivity contribution in [3.8, 4) is 0 Å². The molecule has 1 rings (SSSR count). The van der Waals surface area contributed by atoms with E-state index in [1.54, 1.807) is 0 Å². The Morgan fingerprint density at radius 1 is 1.11 bits per heavy atom. The second kappa shape index (κ2) is 5.15. The summed E-state index contributed by atoms with van der Waals surface area (Å²) in [6, 6.07) is 0. The topological polar surface area (TPSA) is 139 Å². The van der Waals surface area contributed by atoms with Gasteiger partial charge in [0.05, 0.1) is 5.60 Å². The van der Waals surface area contributed by atoms with Gasteiger partial charge in [-0.3, -0.25) is 14.0 Å². The first kappa shape index (κ1) is 16.0. The molecule has 0 aromatic heterocycles. The van der Waals surface area contributed by atoms with Crippen LogP contribution in [0.15, 0.2) is 12.7 Å². The zero-order valence-electron chi connectivity index (χ0n) is 9.58. The zero-order valence-corrected chi connectivity index (χ0v) is 11.4. The second-order valence-corrected chi connectivity index (χ2v) is 8.11. The van der Waals surface area contributed by atoms with Gasteiger partial charge in [-0.1, -0.05) is 6.08 Å². The minimum absolute atomic E-state index is 0.0244. The normalized spacial score (nSPS) is 22.1. The van der Waals surface area contributed by atoms with Crippen molar-refractivity contribution in [2.45, 2.75) is 24.0 Å². The Balaban J connectivity index is 2.90. The Hall–Kier alpha value is -0.0400. The maximum Gasteiger partial charge on any atom is 0.354 e. The third kappa shape index (κ3) is 3.73. The van der Waals surface area contributed by atoms with Crippen LogP contribution in [0.25, 0.3) is 0 Å². The lowest BCUT2D eigenvalue weighted by molar-refractivity contribution is 0.0174. The fourth-order valence-electron chi connectivity index (χ4n) is 1.97. The van der Waals surface area contributed by atoms with Gasteiger partial charge in [-0.05, 0) is 12.8 Å². The summed E-state index contributed by atoms with van der Waals surface area (Å²) in [5.41, 5.74) is -3.29. The summed E-state index contributed by atoms with van der Waals surface area (Å²) >= 11 is 0. The van der Waals surface area contributed by atoms with Crippen molar-refractivity contribution in [2.75, 3.05) is 13.1 Å². The molecule has 5 N–H and O–H groups in total. The fourth-order valence-corrected chi connectivity index (χ4v) is 4.85. The van der Waals surface area contributed by atoms with E-state index in [1.165, 1.54) is 6.08 Å². The summed E-state index contributed by atoms with van der Waals surface area (Å²) in [7, 11) is -9.92. The molecular formula is C8H17NO7P2. The Morgan fingerprint density at radius 3 is 1.78 bits per heavy atom. The predicted octanol–water partition coefficient (Wildman–Crippen LogP) is -0.362. The molecule has 0 saturated carbocycles. The Kier molecular flexibility index (Phi) is 4.58. The molecule has 1 heterocycles. The number of nitrogens with zero attached hydrogens (tertiary/aromatic N) is 1. The first-order chi connectivity index (χ1) is 7.99. The van der Waals surface area contributed by atoms with Gasteiger partial charge in [0, 0.05) is 13.1 Å². The lowest BCUT2D eigenvalue weighted by Gasteiger charge is -2.40. The molecule has 1 fully saturated rings. The molecular weight excluding hydrogens is 284 g/mol. The molecule has 0 amide bonds. The highest BCUT2D eigenvalue weighted by molar-refractivity contribution is 7.70. The van der Waals surface area contributed by atoms with E-state index in [1.807, 2.05) is 0 Å². The molecule has 0 bridgehead atoms. The SMILES string of the molecule is C=CC1(O)CCN(C(P(=O)(O)O)P(=O)(O)O)CC1. The van der Waals surface area contributed by atoms with E-state index in [0.717, 1.165) is 4.90 Å². The number of hydrogen-bond acceptors (Lipinski definition) is 4. The van der Waals surface area contributed by atoms with Crippen LogP contribution in [0, 0.1) is 0 Å². The second-order valence-electron chi connectivity index (χ2n) is 4.37. The van der Waals surface area contributed by atoms with Crippen molar-refractivity contribution in [3.05, 3.63) is 12.7 Å². The first-order valence-electron chi connectivity index (χ1n) is 5.20. The van der Waals surface area contributed by atoms with Gasteiger partial charge in [0.2, 0.25) is 5.52 Å². The molecule has 8 nitrogen and oxygen atoms in total. The van der Waals surface area contributed by atoms with Crippen LogP contribution >= 0.6 is 15.2 Å². The van der Waals surface area contributed by atoms with E-state index in [-0.39, 0.29) is 25.9 Å². The highest BCUT2D eigenvalue weighted by Gasteiger charge is 2.49. The van der Waals surface area contributed by atoms with Gasteiger partial charge in [0.1, 0.15) is 0 Å². The van der Waals surface area contributed by atoms with Crippen LogP contribution in [0.3, 0.4) is 0 Å². The lowest BCUT2D eigenvalue weighted by Crippen LogP contribution is -2.47. The van der Waals surface area contributed by atoms with E-state index in [0.29, 0.717) is 0 Å². The smallest absolute Gasteiger partial charge is 0.354 e. The number of piperidine rings is 1. The van der Waals surface area contributed by atoms with Gasteiger partial charge in [-0.25, -0.2) is 0 Å². The molecule has 18 heavy (non-hydrogen) atoms. The molecule has 0 spiro atoms. The third-order valence-corrected chi connectivity index (χ3v) is 6.63. The van der Waals surface area contributed by atoms with Crippen LogP contribution in [-0.4, -0.2) is 53.8 Å². The third-order valence-electron chi connectivity index (χ3n) is 2.97. The van der Waals surface area contributed by atoms with Crippen LogP contribution in [0.1, 0.15) is 12.8 Å². The average molecular weight is 301 g/mol. The molecule has 0 aromatic carbocycles. The van der Waals surface area contributed by atoms with E-state index in [9.17, 15) is 14.2 Å². The summed E-state index contributed by atoms with van der Waals surface area (Å²) in [6.07, 6.45) is 1.56. The lowest BCUT2D eigenvalue weighted by atomic mass is 9.92. The summed E-state index contributed by atoms with van der Waals surface area (Å²) in [5.74, 6) is 0. The number of aliphatic hydroxyl groups is 1. The summed E-state index contributed by atoms with van der Waals surface area (Å²) in [5, 5.41) is 9.85. The van der Waals surface area contributed by atoms with Crippen LogP contribution in [-0.2, 0) is 9.13 Å². The van der Waals surface area contributed by atoms with Gasteiger partial charge >= 0.3 is 15.2 Å². The van der Waals surface area contributed by atoms with E-state index in [2.05, 4.69) is 6.58 Å². The Bertz CT molecular complexity index is 384. The molecule has 0 aliphatic carbocycles. The molecule has 1 aliphatic rings. The van der Waals surface area contributed by atoms with Crippen molar-refractivity contribution in [2.24, 2.45) is 0 Å². The molecule has 1 saturated heterocycles. The molecule has 10 heteroatoms. The van der Waals surface area contributed by atoms with Crippen molar-refractivity contribution < 1.29 is 33.8 Å². The summed E-state index contributed by atoms with van der Waals surface area (Å²) < 4.78 is 22.4. The minimum atomic E-state index is -4.96. The number of hydrogen-bond donors (Lipinski definition) is 5. The van der Waals surface area contributed by atoms with Crippen molar-refractivity contribution in [1.82, 2.24) is 4.90 Å². The molecule has 1 aliphatic heterocycles. The number of likely N-dealkylation sites (tertiary alicyclic amines) is 1. The standard InChI is InChI=1S/C8H17NO7P2/c1-2-8(10)3-5-9(6-4-8)7(17(11,12)13)18(14,15)16/h2,7,10H,1,3-6H2,(H2,11,12,13)(H2,14,15,16). The molecule has 0 aromatic rings. The van der Waals surface area contributed by atoms with Gasteiger partial charge in [-0.15, -0.1) is 6.58 Å². The molecule has 106 valence electrons. The van der Waals surface area contributed by atoms with Crippen molar-refractivity contribution >= 4 is 15.2 Å². The zero-order chi connectivity index (χ0) is 14.2. The highest BCUT2D eigenvalue weighted by atomic mass is 31.2. The monoisotopic (exact) mass is 301 g/mol. The average Bonchev–Trinajstić information content (AvgIpc) is 2.18. The quantitative estimate of drug-likeness (QED) is 0.350. The van der Waals surface area contributed by atoms with Gasteiger partial charge < -0.3 is 24.7 Å². The van der Waals surface area contributed by atoms with Crippen LogP contribution in [0.4, 0.5) is 0 Å². The van der Waals surface area contributed by atoms with Crippen LogP contribution in [0.5, 0.6) is 0 Å². The number of rotatable bonds is 4. The Labute approximate surface area is 104 Å². The summed E-state index contributed by atoms with van der Waals surface area (Å²) in [6.45, 7) is 3.40. The van der Waals surface area contributed by atoms with E-state index in [4.69, 9.17) is 19.6 Å². The van der Waals surface area contributed by atoms with Crippen molar-refractivity contribution in [1.29, 1.82) is 0 Å². The molecule has 0 atom stereocenters. The van der Waals surface area contributed by atoms with E-state index >= 15 is 0 Å². The summed E-state index contributed by atoms with van der Waals surface area (Å²) in [4.78, 5) is 37.2. The first-order valence-corrected chi connectivity index (χ1v) is 8.56. The fraction of sp³-hybridized carbons (Fsp3) is 0.750. The minimum Gasteiger partial charge on any atom is -0.386 e. The van der Waals surface area contributed by atoms with Crippen LogP contribution in [0.2, 0.25) is 0 Å². The predicted molar refractivity (Wildman–Crippen MR) is 63.8 cm³/mol. The van der Waals surface area contributed by atoms with E-state index < -0.39 is 26.3 Å². The molecule has 0 unspecified atom stereocenters. The maximum absolute atomic E-state index is 11.2. The maximum atomic E-state index is 11.2. The highest BCUT2D eigenvalue weighted by Crippen LogP contribution is 2.61.